The molecule has 1 aliphatic heterocycles. The Morgan fingerprint density at radius 1 is 1.38 bits per heavy atom. The molecule has 0 bridgehead atoms. The Morgan fingerprint density at radius 3 is 2.69 bits per heavy atom. The predicted octanol–water partition coefficient (Wildman–Crippen LogP) is 0.643. The minimum absolute atomic E-state index is 0.390. The van der Waals surface area contributed by atoms with Crippen LogP contribution in [-0.4, -0.2) is 54.6 Å². The molecule has 1 aliphatic rings. The standard InChI is InChI=1S/C12H24N4/c1-11(9-12(2,14)10-13)16-6-4-5-15(3)7-8-16/h11H,4-9,14H2,1-3H3. The highest BCUT2D eigenvalue weighted by atomic mass is 15.2. The van der Waals surface area contributed by atoms with E-state index in [2.05, 4.69) is 29.8 Å². The molecule has 1 heterocycles. The number of hydrogen-bond acceptors (Lipinski definition) is 4. The summed E-state index contributed by atoms with van der Waals surface area (Å²) in [4.78, 5) is 4.81. The molecule has 0 amide bonds. The summed E-state index contributed by atoms with van der Waals surface area (Å²) in [5, 5.41) is 8.94. The molecule has 1 rings (SSSR count). The lowest BCUT2D eigenvalue weighted by molar-refractivity contribution is 0.191. The Labute approximate surface area is 99.0 Å². The van der Waals surface area contributed by atoms with E-state index in [1.165, 1.54) is 13.0 Å². The molecule has 16 heavy (non-hydrogen) atoms. The summed E-state index contributed by atoms with van der Waals surface area (Å²) in [5.41, 5.74) is 5.19. The van der Waals surface area contributed by atoms with Gasteiger partial charge >= 0.3 is 0 Å². The van der Waals surface area contributed by atoms with Gasteiger partial charge in [0.2, 0.25) is 0 Å². The zero-order valence-electron chi connectivity index (χ0n) is 10.7. The van der Waals surface area contributed by atoms with Gasteiger partial charge < -0.3 is 10.6 Å². The highest BCUT2D eigenvalue weighted by Crippen LogP contribution is 2.15. The van der Waals surface area contributed by atoms with Crippen molar-refractivity contribution >= 4 is 0 Å². The van der Waals surface area contributed by atoms with Crippen LogP contribution in [0.4, 0.5) is 0 Å². The fourth-order valence-corrected chi connectivity index (χ4v) is 2.30. The van der Waals surface area contributed by atoms with Gasteiger partial charge in [0.05, 0.1) is 6.07 Å². The van der Waals surface area contributed by atoms with E-state index in [1.54, 1.807) is 0 Å². The number of nitrogens with two attached hydrogens (primary N) is 1. The van der Waals surface area contributed by atoms with Gasteiger partial charge in [-0.25, -0.2) is 0 Å². The number of nitrogens with zero attached hydrogens (tertiary/aromatic N) is 3. The maximum Gasteiger partial charge on any atom is 0.102 e. The van der Waals surface area contributed by atoms with Gasteiger partial charge in [0.25, 0.3) is 0 Å². The lowest BCUT2D eigenvalue weighted by atomic mass is 9.96. The van der Waals surface area contributed by atoms with Crippen molar-refractivity contribution in [1.29, 1.82) is 5.26 Å². The third-order valence-electron chi connectivity index (χ3n) is 3.35. The van der Waals surface area contributed by atoms with Gasteiger partial charge in [0.1, 0.15) is 5.54 Å². The van der Waals surface area contributed by atoms with Crippen molar-refractivity contribution in [3.05, 3.63) is 0 Å². The van der Waals surface area contributed by atoms with Crippen LogP contribution in [0.3, 0.4) is 0 Å². The van der Waals surface area contributed by atoms with E-state index in [0.29, 0.717) is 6.04 Å². The van der Waals surface area contributed by atoms with Gasteiger partial charge in [-0.2, -0.15) is 5.26 Å². The fourth-order valence-electron chi connectivity index (χ4n) is 2.30. The van der Waals surface area contributed by atoms with E-state index >= 15 is 0 Å². The molecule has 0 aromatic rings. The van der Waals surface area contributed by atoms with Crippen LogP contribution < -0.4 is 5.73 Å². The Morgan fingerprint density at radius 2 is 2.06 bits per heavy atom. The van der Waals surface area contributed by atoms with Crippen LogP contribution in [0.5, 0.6) is 0 Å². The summed E-state index contributed by atoms with van der Waals surface area (Å²) in [5.74, 6) is 0. The van der Waals surface area contributed by atoms with Crippen molar-refractivity contribution in [2.75, 3.05) is 33.2 Å². The lowest BCUT2D eigenvalue weighted by Gasteiger charge is -2.31. The molecular formula is C12H24N4. The average molecular weight is 224 g/mol. The summed E-state index contributed by atoms with van der Waals surface area (Å²) in [6.45, 7) is 8.47. The fraction of sp³-hybridized carbons (Fsp3) is 0.917. The van der Waals surface area contributed by atoms with Crippen molar-refractivity contribution < 1.29 is 0 Å². The third-order valence-corrected chi connectivity index (χ3v) is 3.35. The summed E-state index contributed by atoms with van der Waals surface area (Å²) in [6, 6.07) is 2.57. The van der Waals surface area contributed by atoms with E-state index in [4.69, 9.17) is 11.0 Å². The number of hydrogen-bond donors (Lipinski definition) is 1. The molecule has 0 aliphatic carbocycles. The second kappa shape index (κ2) is 5.62. The Kier molecular flexibility index (Phi) is 4.72. The number of nitriles is 1. The summed E-state index contributed by atoms with van der Waals surface area (Å²) in [6.07, 6.45) is 1.95. The first-order valence-corrected chi connectivity index (χ1v) is 6.07. The third kappa shape index (κ3) is 4.09. The van der Waals surface area contributed by atoms with Crippen molar-refractivity contribution in [3.63, 3.8) is 0 Å². The highest BCUT2D eigenvalue weighted by molar-refractivity contribution is 5.02. The minimum atomic E-state index is -0.697. The first-order valence-electron chi connectivity index (χ1n) is 6.07. The number of likely N-dealkylation sites (N-methyl/N-ethyl adjacent to an activating group) is 1. The topological polar surface area (TPSA) is 56.3 Å². The lowest BCUT2D eigenvalue weighted by Crippen LogP contribution is -2.44. The van der Waals surface area contributed by atoms with Crippen molar-refractivity contribution in [3.8, 4) is 6.07 Å². The largest absolute Gasteiger partial charge is 0.314 e. The van der Waals surface area contributed by atoms with Gasteiger partial charge in [-0.1, -0.05) is 0 Å². The Hall–Kier alpha value is -0.630. The first kappa shape index (κ1) is 13.4. The van der Waals surface area contributed by atoms with Crippen LogP contribution >= 0.6 is 0 Å². The molecule has 0 radical (unpaired) electrons. The molecule has 0 aromatic carbocycles. The van der Waals surface area contributed by atoms with Gasteiger partial charge in [-0.15, -0.1) is 0 Å². The highest BCUT2D eigenvalue weighted by Gasteiger charge is 2.25. The van der Waals surface area contributed by atoms with Gasteiger partial charge in [0.15, 0.2) is 0 Å². The molecule has 1 saturated heterocycles. The van der Waals surface area contributed by atoms with Crippen LogP contribution in [-0.2, 0) is 0 Å². The summed E-state index contributed by atoms with van der Waals surface area (Å²) >= 11 is 0. The molecule has 0 saturated carbocycles. The monoisotopic (exact) mass is 224 g/mol. The van der Waals surface area contributed by atoms with Crippen LogP contribution in [0, 0.1) is 11.3 Å². The van der Waals surface area contributed by atoms with Gasteiger partial charge in [-0.05, 0) is 46.8 Å². The molecule has 0 spiro atoms. The SMILES string of the molecule is CC(CC(C)(N)C#N)N1CCCN(C)CC1. The zero-order valence-corrected chi connectivity index (χ0v) is 10.7. The van der Waals surface area contributed by atoms with E-state index in [0.717, 1.165) is 26.1 Å². The molecule has 4 nitrogen and oxygen atoms in total. The maximum atomic E-state index is 8.94. The quantitative estimate of drug-likeness (QED) is 0.764. The normalized spacial score (nSPS) is 25.4. The van der Waals surface area contributed by atoms with Crippen molar-refractivity contribution in [2.45, 2.75) is 38.3 Å². The molecule has 92 valence electrons. The minimum Gasteiger partial charge on any atom is -0.314 e. The first-order chi connectivity index (χ1) is 7.44. The van der Waals surface area contributed by atoms with E-state index in [-0.39, 0.29) is 0 Å². The zero-order chi connectivity index (χ0) is 12.2. The molecule has 4 heteroatoms. The number of rotatable bonds is 3. The van der Waals surface area contributed by atoms with Gasteiger partial charge in [0, 0.05) is 19.1 Å². The molecular weight excluding hydrogens is 200 g/mol. The predicted molar refractivity (Wildman–Crippen MR) is 66.0 cm³/mol. The van der Waals surface area contributed by atoms with Crippen LogP contribution in [0.1, 0.15) is 26.7 Å². The Bertz CT molecular complexity index is 256. The molecule has 0 aromatic heterocycles. The van der Waals surface area contributed by atoms with E-state index in [9.17, 15) is 0 Å². The van der Waals surface area contributed by atoms with Crippen molar-refractivity contribution in [2.24, 2.45) is 5.73 Å². The Balaban J connectivity index is 2.47. The van der Waals surface area contributed by atoms with Crippen LogP contribution in [0.15, 0.2) is 0 Å². The average Bonchev–Trinajstić information content (AvgIpc) is 2.42. The second-order valence-electron chi connectivity index (χ2n) is 5.28. The smallest absolute Gasteiger partial charge is 0.102 e. The second-order valence-corrected chi connectivity index (χ2v) is 5.28. The summed E-state index contributed by atoms with van der Waals surface area (Å²) in [7, 11) is 2.16. The maximum absolute atomic E-state index is 8.94. The molecule has 2 unspecified atom stereocenters. The van der Waals surface area contributed by atoms with Gasteiger partial charge in [-0.3, -0.25) is 4.90 Å². The van der Waals surface area contributed by atoms with Crippen molar-refractivity contribution in [1.82, 2.24) is 9.80 Å². The van der Waals surface area contributed by atoms with Crippen LogP contribution in [0.25, 0.3) is 0 Å². The molecule has 2 atom stereocenters. The molecule has 1 fully saturated rings. The van der Waals surface area contributed by atoms with E-state index < -0.39 is 5.54 Å². The van der Waals surface area contributed by atoms with Crippen LogP contribution in [0.2, 0.25) is 0 Å². The van der Waals surface area contributed by atoms with E-state index in [1.807, 2.05) is 6.92 Å². The summed E-state index contributed by atoms with van der Waals surface area (Å²) < 4.78 is 0. The molecule has 2 N–H and O–H groups in total.